The van der Waals surface area contributed by atoms with E-state index in [9.17, 15) is 4.79 Å². The van der Waals surface area contributed by atoms with Gasteiger partial charge in [0, 0.05) is 44.0 Å². The quantitative estimate of drug-likeness (QED) is 0.211. The SMILES string of the molecule is NCCOCCOCCNC(=O)c1cccc(Nc2nc(NCc3ccccc3)nc(N3CCOCC3)n2)c1. The fourth-order valence-corrected chi connectivity index (χ4v) is 3.79. The molecule has 2 heterocycles. The topological polar surface area (TPSA) is 149 Å². The van der Waals surface area contributed by atoms with E-state index in [1.54, 1.807) is 18.2 Å². The van der Waals surface area contributed by atoms with Crippen molar-refractivity contribution in [3.8, 4) is 0 Å². The molecule has 1 aliphatic heterocycles. The second kappa shape index (κ2) is 15.5. The first-order valence-electron chi connectivity index (χ1n) is 13.1. The van der Waals surface area contributed by atoms with Crippen LogP contribution in [0, 0.1) is 0 Å². The maximum Gasteiger partial charge on any atom is 0.251 e. The van der Waals surface area contributed by atoms with Crippen LogP contribution in [0.25, 0.3) is 0 Å². The predicted molar refractivity (Wildman–Crippen MR) is 149 cm³/mol. The standard InChI is InChI=1S/C27H36N8O4/c28-9-13-37-17-18-38-14-10-29-24(36)22-7-4-8-23(19-22)31-26-32-25(30-20-21-5-2-1-3-6-21)33-27(34-26)35-11-15-39-16-12-35/h1-8,19H,9-18,20,28H2,(H,29,36)(H2,30,31,32,33,34). The van der Waals surface area contributed by atoms with Crippen molar-refractivity contribution in [1.29, 1.82) is 0 Å². The third kappa shape index (κ3) is 9.45. The lowest BCUT2D eigenvalue weighted by Crippen LogP contribution is -2.37. The number of hydrogen-bond donors (Lipinski definition) is 4. The Morgan fingerprint density at radius 2 is 1.69 bits per heavy atom. The highest BCUT2D eigenvalue weighted by atomic mass is 16.5. The summed E-state index contributed by atoms with van der Waals surface area (Å²) in [5.41, 5.74) is 7.68. The van der Waals surface area contributed by atoms with Gasteiger partial charge in [0.25, 0.3) is 5.91 Å². The van der Waals surface area contributed by atoms with Crippen molar-refractivity contribution in [2.75, 3.05) is 81.4 Å². The zero-order chi connectivity index (χ0) is 27.1. The van der Waals surface area contributed by atoms with Crippen LogP contribution >= 0.6 is 0 Å². The van der Waals surface area contributed by atoms with Crippen molar-refractivity contribution in [2.24, 2.45) is 5.73 Å². The van der Waals surface area contributed by atoms with Gasteiger partial charge < -0.3 is 40.8 Å². The van der Waals surface area contributed by atoms with Crippen molar-refractivity contribution >= 4 is 29.4 Å². The van der Waals surface area contributed by atoms with E-state index >= 15 is 0 Å². The van der Waals surface area contributed by atoms with Crippen molar-refractivity contribution in [3.63, 3.8) is 0 Å². The Balaban J connectivity index is 1.38. The summed E-state index contributed by atoms with van der Waals surface area (Å²) in [7, 11) is 0. The lowest BCUT2D eigenvalue weighted by molar-refractivity contribution is 0.0511. The van der Waals surface area contributed by atoms with Crippen molar-refractivity contribution in [2.45, 2.75) is 6.54 Å². The summed E-state index contributed by atoms with van der Waals surface area (Å²) in [6, 6.07) is 17.2. The van der Waals surface area contributed by atoms with E-state index in [-0.39, 0.29) is 5.91 Å². The Morgan fingerprint density at radius 3 is 2.49 bits per heavy atom. The predicted octanol–water partition coefficient (Wildman–Crippen LogP) is 1.79. The van der Waals surface area contributed by atoms with Gasteiger partial charge in [-0.2, -0.15) is 15.0 Å². The van der Waals surface area contributed by atoms with Gasteiger partial charge in [0.1, 0.15) is 0 Å². The van der Waals surface area contributed by atoms with Gasteiger partial charge in [0.05, 0.1) is 39.6 Å². The van der Waals surface area contributed by atoms with Gasteiger partial charge in [0.15, 0.2) is 0 Å². The summed E-state index contributed by atoms with van der Waals surface area (Å²) in [6.45, 7) is 5.91. The summed E-state index contributed by atoms with van der Waals surface area (Å²) >= 11 is 0. The summed E-state index contributed by atoms with van der Waals surface area (Å²) in [6.07, 6.45) is 0. The second-order valence-electron chi connectivity index (χ2n) is 8.70. The van der Waals surface area contributed by atoms with E-state index < -0.39 is 0 Å². The van der Waals surface area contributed by atoms with Crippen LogP contribution in [0.5, 0.6) is 0 Å². The normalized spacial score (nSPS) is 13.2. The van der Waals surface area contributed by atoms with Crippen molar-refractivity contribution < 1.29 is 19.0 Å². The van der Waals surface area contributed by atoms with Gasteiger partial charge in [-0.25, -0.2) is 0 Å². The van der Waals surface area contributed by atoms with Gasteiger partial charge >= 0.3 is 0 Å². The van der Waals surface area contributed by atoms with Crippen molar-refractivity contribution in [1.82, 2.24) is 20.3 Å². The number of carbonyl (C=O) groups is 1. The summed E-state index contributed by atoms with van der Waals surface area (Å²) in [5, 5.41) is 9.39. The Kier molecular flexibility index (Phi) is 11.2. The van der Waals surface area contributed by atoms with Crippen LogP contribution in [0.15, 0.2) is 54.6 Å². The number of rotatable bonds is 15. The molecule has 5 N–H and O–H groups in total. The number of nitrogens with zero attached hydrogens (tertiary/aromatic N) is 4. The molecule has 1 fully saturated rings. The zero-order valence-electron chi connectivity index (χ0n) is 22.0. The summed E-state index contributed by atoms with van der Waals surface area (Å²) < 4.78 is 16.2. The minimum absolute atomic E-state index is 0.198. The van der Waals surface area contributed by atoms with E-state index in [0.717, 1.165) is 5.56 Å². The number of benzene rings is 2. The third-order valence-electron chi connectivity index (χ3n) is 5.76. The van der Waals surface area contributed by atoms with Crippen molar-refractivity contribution in [3.05, 3.63) is 65.7 Å². The Morgan fingerprint density at radius 1 is 0.923 bits per heavy atom. The molecule has 12 nitrogen and oxygen atoms in total. The molecule has 39 heavy (non-hydrogen) atoms. The minimum atomic E-state index is -0.198. The monoisotopic (exact) mass is 536 g/mol. The largest absolute Gasteiger partial charge is 0.378 e. The first kappa shape index (κ1) is 28.2. The van der Waals surface area contributed by atoms with Crippen LogP contribution in [-0.2, 0) is 20.8 Å². The lowest BCUT2D eigenvalue weighted by Gasteiger charge is -2.27. The number of anilines is 4. The fraction of sp³-hybridized carbons (Fsp3) is 0.407. The third-order valence-corrected chi connectivity index (χ3v) is 5.76. The minimum Gasteiger partial charge on any atom is -0.378 e. The van der Waals surface area contributed by atoms with Gasteiger partial charge in [0.2, 0.25) is 17.8 Å². The van der Waals surface area contributed by atoms with Crippen LogP contribution in [0.1, 0.15) is 15.9 Å². The average molecular weight is 537 g/mol. The molecule has 1 aliphatic rings. The maximum absolute atomic E-state index is 12.7. The highest BCUT2D eigenvalue weighted by molar-refractivity contribution is 5.95. The molecule has 2 aromatic carbocycles. The van der Waals surface area contributed by atoms with Gasteiger partial charge in [-0.05, 0) is 23.8 Å². The Bertz CT molecular complexity index is 1160. The first-order valence-corrected chi connectivity index (χ1v) is 13.1. The van der Waals surface area contributed by atoms with Gasteiger partial charge in [-0.3, -0.25) is 4.79 Å². The van der Waals surface area contributed by atoms with E-state index in [1.165, 1.54) is 0 Å². The second-order valence-corrected chi connectivity index (χ2v) is 8.70. The Hall–Kier alpha value is -3.84. The number of aromatic nitrogens is 3. The highest BCUT2D eigenvalue weighted by Gasteiger charge is 2.17. The fourth-order valence-electron chi connectivity index (χ4n) is 3.79. The molecule has 0 spiro atoms. The molecule has 0 saturated carbocycles. The smallest absolute Gasteiger partial charge is 0.251 e. The molecule has 208 valence electrons. The molecule has 0 atom stereocenters. The van der Waals surface area contributed by atoms with Crippen LogP contribution in [0.4, 0.5) is 23.5 Å². The molecule has 0 bridgehead atoms. The molecule has 0 radical (unpaired) electrons. The van der Waals surface area contributed by atoms with Crippen LogP contribution < -0.4 is 26.6 Å². The van der Waals surface area contributed by atoms with Gasteiger partial charge in [-0.15, -0.1) is 0 Å². The van der Waals surface area contributed by atoms with E-state index in [2.05, 4.69) is 35.8 Å². The van der Waals surface area contributed by atoms with Crippen LogP contribution in [0.2, 0.25) is 0 Å². The van der Waals surface area contributed by atoms with Crippen LogP contribution in [-0.4, -0.2) is 86.7 Å². The van der Waals surface area contributed by atoms with E-state index in [4.69, 9.17) is 19.9 Å². The number of hydrogen-bond acceptors (Lipinski definition) is 11. The number of nitrogens with two attached hydrogens (primary N) is 1. The molecule has 4 rings (SSSR count). The molecule has 1 amide bonds. The first-order chi connectivity index (χ1) is 19.2. The highest BCUT2D eigenvalue weighted by Crippen LogP contribution is 2.20. The number of amides is 1. The molecule has 3 aromatic rings. The summed E-state index contributed by atoms with van der Waals surface area (Å²) in [5.74, 6) is 1.20. The number of carbonyl (C=O) groups excluding carboxylic acids is 1. The zero-order valence-corrected chi connectivity index (χ0v) is 22.0. The van der Waals surface area contributed by atoms with Gasteiger partial charge in [-0.1, -0.05) is 36.4 Å². The Labute approximate surface area is 228 Å². The molecular formula is C27H36N8O4. The average Bonchev–Trinajstić information content (AvgIpc) is 2.98. The molecule has 0 unspecified atom stereocenters. The maximum atomic E-state index is 12.7. The number of nitrogens with one attached hydrogen (secondary N) is 3. The lowest BCUT2D eigenvalue weighted by atomic mass is 10.2. The molecule has 1 saturated heterocycles. The molecular weight excluding hydrogens is 500 g/mol. The molecule has 0 aliphatic carbocycles. The van der Waals surface area contributed by atoms with E-state index in [0.29, 0.717) is 101 Å². The molecule has 12 heteroatoms. The van der Waals surface area contributed by atoms with Crippen LogP contribution in [0.3, 0.4) is 0 Å². The molecule has 1 aromatic heterocycles. The summed E-state index contributed by atoms with van der Waals surface area (Å²) in [4.78, 5) is 28.6. The van der Waals surface area contributed by atoms with E-state index in [1.807, 2.05) is 36.4 Å². The number of ether oxygens (including phenoxy) is 3. The number of morpholine rings is 1.